The molecule has 0 saturated carbocycles. The number of thiazole rings is 1. The van der Waals surface area contributed by atoms with Crippen LogP contribution in [0.25, 0.3) is 32.0 Å². The van der Waals surface area contributed by atoms with Crippen LogP contribution in [0.2, 0.25) is 0 Å². The topological polar surface area (TPSA) is 90.9 Å². The van der Waals surface area contributed by atoms with Crippen LogP contribution >= 0.6 is 11.3 Å². The maximum atomic E-state index is 13.2. The van der Waals surface area contributed by atoms with Crippen molar-refractivity contribution in [2.24, 2.45) is 4.99 Å². The van der Waals surface area contributed by atoms with Gasteiger partial charge in [-0.15, -0.1) is 0 Å². The van der Waals surface area contributed by atoms with Gasteiger partial charge < -0.3 is 13.7 Å². The van der Waals surface area contributed by atoms with Crippen molar-refractivity contribution in [1.82, 2.24) is 4.57 Å². The fraction of sp³-hybridized carbons (Fsp3) is 0.154. The van der Waals surface area contributed by atoms with Gasteiger partial charge >= 0.3 is 11.6 Å². The molecule has 170 valence electrons. The smallest absolute Gasteiger partial charge is 0.349 e. The summed E-state index contributed by atoms with van der Waals surface area (Å²) in [6, 6.07) is 16.7. The Balaban J connectivity index is 1.72. The van der Waals surface area contributed by atoms with Crippen molar-refractivity contribution in [2.75, 3.05) is 7.11 Å². The van der Waals surface area contributed by atoms with Crippen LogP contribution in [0, 0.1) is 13.8 Å². The predicted molar refractivity (Wildman–Crippen MR) is 131 cm³/mol. The van der Waals surface area contributed by atoms with Crippen molar-refractivity contribution >= 4 is 55.2 Å². The molecule has 0 spiro atoms. The molecule has 7 nitrogen and oxygen atoms in total. The summed E-state index contributed by atoms with van der Waals surface area (Å²) in [4.78, 5) is 42.5. The highest BCUT2D eigenvalue weighted by molar-refractivity contribution is 7.16. The molecule has 0 N–H and O–H groups in total. The molecule has 0 fully saturated rings. The van der Waals surface area contributed by atoms with Gasteiger partial charge in [0.25, 0.3) is 5.91 Å². The van der Waals surface area contributed by atoms with Crippen LogP contribution in [0.15, 0.2) is 68.8 Å². The minimum Gasteiger partial charge on any atom is -0.468 e. The van der Waals surface area contributed by atoms with Crippen LogP contribution in [0.4, 0.5) is 0 Å². The summed E-state index contributed by atoms with van der Waals surface area (Å²) < 4.78 is 12.8. The number of esters is 1. The lowest BCUT2D eigenvalue weighted by molar-refractivity contribution is -0.141. The third-order valence-electron chi connectivity index (χ3n) is 5.70. The van der Waals surface area contributed by atoms with Crippen LogP contribution in [-0.4, -0.2) is 23.6 Å². The average Bonchev–Trinajstić information content (AvgIpc) is 3.14. The normalized spacial score (nSPS) is 12.0. The number of fused-ring (bicyclic) bond motifs is 4. The van der Waals surface area contributed by atoms with Gasteiger partial charge in [0.1, 0.15) is 17.7 Å². The number of aryl methyl sites for hydroxylation is 2. The molecular weight excluding hydrogens is 452 g/mol. The van der Waals surface area contributed by atoms with Gasteiger partial charge in [-0.3, -0.25) is 9.59 Å². The van der Waals surface area contributed by atoms with E-state index in [1.165, 1.54) is 24.5 Å². The molecule has 5 rings (SSSR count). The zero-order valence-corrected chi connectivity index (χ0v) is 19.6. The number of aromatic nitrogens is 1. The Hall–Kier alpha value is -4.04. The van der Waals surface area contributed by atoms with Crippen molar-refractivity contribution in [3.63, 3.8) is 0 Å². The Morgan fingerprint density at radius 2 is 1.85 bits per heavy atom. The standard InChI is InChI=1S/C26H20N2O5S/c1-14-10-15(2)23-21(11-14)34-26(28(23)13-22(29)32-3)27-24(30)19-12-18-17-7-5-4-6-16(17)8-9-20(18)33-25(19)31/h4-12H,13H2,1-3H3. The van der Waals surface area contributed by atoms with E-state index in [-0.39, 0.29) is 12.1 Å². The molecule has 0 aliphatic carbocycles. The fourth-order valence-corrected chi connectivity index (χ4v) is 5.39. The van der Waals surface area contributed by atoms with Gasteiger partial charge in [-0.25, -0.2) is 4.79 Å². The molecule has 34 heavy (non-hydrogen) atoms. The minimum absolute atomic E-state index is 0.108. The number of methoxy groups -OCH3 is 1. The van der Waals surface area contributed by atoms with E-state index in [0.29, 0.717) is 15.8 Å². The minimum atomic E-state index is -0.760. The van der Waals surface area contributed by atoms with Crippen LogP contribution in [0.3, 0.4) is 0 Å². The molecule has 2 heterocycles. The number of hydrogen-bond donors (Lipinski definition) is 0. The first-order valence-corrected chi connectivity index (χ1v) is 11.4. The molecule has 8 heteroatoms. The van der Waals surface area contributed by atoms with E-state index in [9.17, 15) is 14.4 Å². The van der Waals surface area contributed by atoms with E-state index in [2.05, 4.69) is 4.99 Å². The average molecular weight is 473 g/mol. The molecule has 0 saturated heterocycles. The van der Waals surface area contributed by atoms with Crippen molar-refractivity contribution in [3.05, 3.63) is 86.5 Å². The van der Waals surface area contributed by atoms with Gasteiger partial charge in [0.05, 0.1) is 17.3 Å². The summed E-state index contributed by atoms with van der Waals surface area (Å²) in [5.41, 5.74) is 2.26. The van der Waals surface area contributed by atoms with Crippen LogP contribution in [0.1, 0.15) is 21.5 Å². The Labute approximate surface area is 197 Å². The lowest BCUT2D eigenvalue weighted by atomic mass is 10.0. The summed E-state index contributed by atoms with van der Waals surface area (Å²) >= 11 is 1.27. The van der Waals surface area contributed by atoms with Crippen molar-refractivity contribution in [1.29, 1.82) is 0 Å². The number of rotatable bonds is 3. The Morgan fingerprint density at radius 1 is 1.06 bits per heavy atom. The molecule has 0 atom stereocenters. The number of amides is 1. The third kappa shape index (κ3) is 3.72. The molecule has 0 bridgehead atoms. The number of benzene rings is 3. The van der Waals surface area contributed by atoms with Crippen LogP contribution in [0.5, 0.6) is 0 Å². The monoisotopic (exact) mass is 472 g/mol. The van der Waals surface area contributed by atoms with Crippen LogP contribution in [-0.2, 0) is 16.1 Å². The first-order valence-electron chi connectivity index (χ1n) is 10.6. The molecule has 2 aromatic heterocycles. The Kier molecular flexibility index (Phi) is 5.37. The largest absolute Gasteiger partial charge is 0.468 e. The van der Waals surface area contributed by atoms with Gasteiger partial charge in [0.15, 0.2) is 4.80 Å². The van der Waals surface area contributed by atoms with Crippen molar-refractivity contribution in [3.8, 4) is 0 Å². The SMILES string of the molecule is COC(=O)Cn1c(=NC(=O)c2cc3c(ccc4ccccc43)oc2=O)sc2cc(C)cc(C)c21. The summed E-state index contributed by atoms with van der Waals surface area (Å²) in [5, 5.41) is 2.48. The predicted octanol–water partition coefficient (Wildman–Crippen LogP) is 4.49. The van der Waals surface area contributed by atoms with E-state index < -0.39 is 17.5 Å². The van der Waals surface area contributed by atoms with Gasteiger partial charge in [-0.1, -0.05) is 47.7 Å². The maximum Gasteiger partial charge on any atom is 0.349 e. The highest BCUT2D eigenvalue weighted by Gasteiger charge is 2.18. The summed E-state index contributed by atoms with van der Waals surface area (Å²) in [6.45, 7) is 3.80. The first kappa shape index (κ1) is 21.8. The van der Waals surface area contributed by atoms with E-state index in [0.717, 1.165) is 32.1 Å². The number of carbonyl (C=O) groups excluding carboxylic acids is 2. The second-order valence-electron chi connectivity index (χ2n) is 8.04. The maximum absolute atomic E-state index is 13.2. The molecule has 0 aliphatic rings. The summed E-state index contributed by atoms with van der Waals surface area (Å²) in [7, 11) is 1.31. The number of carbonyl (C=O) groups is 2. The Morgan fingerprint density at radius 3 is 2.65 bits per heavy atom. The number of hydrogen-bond acceptors (Lipinski definition) is 6. The zero-order valence-electron chi connectivity index (χ0n) is 18.7. The highest BCUT2D eigenvalue weighted by atomic mass is 32.1. The second-order valence-corrected chi connectivity index (χ2v) is 9.05. The van der Waals surface area contributed by atoms with E-state index in [1.807, 2.05) is 56.3 Å². The summed E-state index contributed by atoms with van der Waals surface area (Å²) in [6.07, 6.45) is 0. The lowest BCUT2D eigenvalue weighted by Gasteiger charge is -2.07. The molecule has 1 amide bonds. The number of nitrogens with zero attached hydrogens (tertiary/aromatic N) is 2. The molecular formula is C26H20N2O5S. The lowest BCUT2D eigenvalue weighted by Crippen LogP contribution is -2.23. The first-order chi connectivity index (χ1) is 16.4. The van der Waals surface area contributed by atoms with E-state index in [1.54, 1.807) is 10.6 Å². The zero-order chi connectivity index (χ0) is 24.0. The summed E-state index contributed by atoms with van der Waals surface area (Å²) in [5.74, 6) is -1.20. The van der Waals surface area contributed by atoms with E-state index in [4.69, 9.17) is 9.15 Å². The van der Waals surface area contributed by atoms with Gasteiger partial charge in [-0.2, -0.15) is 4.99 Å². The quantitative estimate of drug-likeness (QED) is 0.219. The fourth-order valence-electron chi connectivity index (χ4n) is 4.19. The van der Waals surface area contributed by atoms with Gasteiger partial charge in [0.2, 0.25) is 0 Å². The molecule has 3 aromatic carbocycles. The highest BCUT2D eigenvalue weighted by Crippen LogP contribution is 2.26. The molecule has 5 aromatic rings. The number of ether oxygens (including phenoxy) is 1. The van der Waals surface area contributed by atoms with E-state index >= 15 is 0 Å². The van der Waals surface area contributed by atoms with Crippen molar-refractivity contribution in [2.45, 2.75) is 20.4 Å². The second kappa shape index (κ2) is 8.39. The van der Waals surface area contributed by atoms with Crippen LogP contribution < -0.4 is 10.4 Å². The third-order valence-corrected chi connectivity index (χ3v) is 6.72. The molecule has 0 unspecified atom stereocenters. The van der Waals surface area contributed by atoms with Crippen molar-refractivity contribution < 1.29 is 18.7 Å². The molecule has 0 aliphatic heterocycles. The van der Waals surface area contributed by atoms with Gasteiger partial charge in [-0.05, 0) is 53.9 Å². The molecule has 0 radical (unpaired) electrons. The van der Waals surface area contributed by atoms with Gasteiger partial charge in [0, 0.05) is 5.39 Å². The Bertz CT molecular complexity index is 1760.